The van der Waals surface area contributed by atoms with Gasteiger partial charge in [-0.15, -0.1) is 0 Å². The number of likely N-dealkylation sites (tertiary alicyclic amines) is 1. The summed E-state index contributed by atoms with van der Waals surface area (Å²) in [6.07, 6.45) is 6.54. The normalized spacial score (nSPS) is 31.6. The van der Waals surface area contributed by atoms with E-state index in [4.69, 9.17) is 0 Å². The minimum Gasteiger partial charge on any atom is -0.508 e. The molecule has 4 rings (SSSR count). The van der Waals surface area contributed by atoms with E-state index in [-0.39, 0.29) is 40.6 Å². The number of nitrogens with one attached hydrogen (secondary N) is 1. The molecule has 3 aliphatic rings. The van der Waals surface area contributed by atoms with Crippen molar-refractivity contribution in [3.05, 3.63) is 29.3 Å². The van der Waals surface area contributed by atoms with E-state index in [2.05, 4.69) is 37.1 Å². The van der Waals surface area contributed by atoms with Gasteiger partial charge in [-0.05, 0) is 67.6 Å². The molecule has 170 valence electrons. The van der Waals surface area contributed by atoms with Crippen molar-refractivity contribution >= 4 is 11.8 Å². The highest BCUT2D eigenvalue weighted by atomic mass is 16.3. The molecule has 0 unspecified atom stereocenters. The number of piperidine rings is 1. The molecule has 2 fully saturated rings. The maximum Gasteiger partial charge on any atom is 0.225 e. The van der Waals surface area contributed by atoms with Crippen LogP contribution in [0, 0.1) is 11.3 Å². The maximum absolute atomic E-state index is 13.6. The highest BCUT2D eigenvalue weighted by Crippen LogP contribution is 2.57. The fourth-order valence-corrected chi connectivity index (χ4v) is 6.44. The quantitative estimate of drug-likeness (QED) is 0.754. The molecule has 2 N–H and O–H groups in total. The highest BCUT2D eigenvalue weighted by Gasteiger charge is 2.57. The van der Waals surface area contributed by atoms with Gasteiger partial charge in [-0.25, -0.2) is 0 Å². The van der Waals surface area contributed by atoms with Crippen LogP contribution in [-0.4, -0.2) is 40.4 Å². The van der Waals surface area contributed by atoms with Crippen LogP contribution in [0.2, 0.25) is 0 Å². The largest absolute Gasteiger partial charge is 0.508 e. The Kier molecular flexibility index (Phi) is 5.82. The second kappa shape index (κ2) is 8.14. The standard InChI is InChI=1S/C26H38N2O3/c1-5-7-23(30)27-18-12-10-17(11-13-18)24(31)28-15-14-26(4)20-8-6-9-21(29)19(20)16-22(28)25(26,2)3/h6,8-9,17-18,22,29H,5,7,10-16H2,1-4H3,(H,27,30)/t17?,18?,22-,26+/m1/s1. The van der Waals surface area contributed by atoms with E-state index in [1.807, 2.05) is 13.0 Å². The first-order valence-corrected chi connectivity index (χ1v) is 12.1. The molecular formula is C26H38N2O3. The number of fused-ring (bicyclic) bond motifs is 4. The zero-order valence-corrected chi connectivity index (χ0v) is 19.5. The number of nitrogens with zero attached hydrogens (tertiary/aromatic N) is 1. The van der Waals surface area contributed by atoms with Crippen molar-refractivity contribution < 1.29 is 14.7 Å². The molecule has 2 bridgehead atoms. The van der Waals surface area contributed by atoms with Crippen LogP contribution in [0.15, 0.2) is 18.2 Å². The van der Waals surface area contributed by atoms with Crippen LogP contribution in [0.3, 0.4) is 0 Å². The van der Waals surface area contributed by atoms with Gasteiger partial charge in [0.15, 0.2) is 0 Å². The number of carbonyl (C=O) groups excluding carboxylic acids is 2. The lowest BCUT2D eigenvalue weighted by Gasteiger charge is -2.61. The Morgan fingerprint density at radius 1 is 1.16 bits per heavy atom. The van der Waals surface area contributed by atoms with Gasteiger partial charge in [0.05, 0.1) is 0 Å². The molecule has 0 spiro atoms. The molecule has 0 radical (unpaired) electrons. The molecule has 2 atom stereocenters. The zero-order valence-electron chi connectivity index (χ0n) is 19.5. The van der Waals surface area contributed by atoms with Crippen molar-refractivity contribution in [1.82, 2.24) is 10.2 Å². The molecule has 5 heteroatoms. The lowest BCUT2D eigenvalue weighted by molar-refractivity contribution is -0.149. The van der Waals surface area contributed by atoms with Gasteiger partial charge in [-0.3, -0.25) is 9.59 Å². The van der Waals surface area contributed by atoms with Crippen LogP contribution in [0.1, 0.15) is 83.8 Å². The van der Waals surface area contributed by atoms with Crippen molar-refractivity contribution in [1.29, 1.82) is 0 Å². The molecule has 1 saturated heterocycles. The first-order chi connectivity index (χ1) is 14.7. The molecule has 1 aromatic carbocycles. The van der Waals surface area contributed by atoms with Crippen LogP contribution in [0.4, 0.5) is 0 Å². The predicted molar refractivity (Wildman–Crippen MR) is 122 cm³/mol. The number of benzene rings is 1. The van der Waals surface area contributed by atoms with Crippen molar-refractivity contribution in [2.24, 2.45) is 11.3 Å². The number of phenols is 1. The molecule has 2 aliphatic carbocycles. The summed E-state index contributed by atoms with van der Waals surface area (Å²) in [5.41, 5.74) is 2.16. The SMILES string of the molecule is CCCC(=O)NC1CCC(C(=O)N2CC[C@@]3(C)c4cccc(O)c4C[C@@H]2C3(C)C)CC1. The molecule has 0 aromatic heterocycles. The van der Waals surface area contributed by atoms with Crippen LogP contribution < -0.4 is 5.32 Å². The lowest BCUT2D eigenvalue weighted by atomic mass is 9.51. The average Bonchev–Trinajstić information content (AvgIpc) is 2.71. The molecule has 1 aromatic rings. The minimum atomic E-state index is -0.0625. The monoisotopic (exact) mass is 426 g/mol. The van der Waals surface area contributed by atoms with E-state index in [1.165, 1.54) is 5.56 Å². The Hall–Kier alpha value is -2.04. The van der Waals surface area contributed by atoms with Crippen LogP contribution in [0.25, 0.3) is 0 Å². The van der Waals surface area contributed by atoms with E-state index in [0.717, 1.165) is 57.1 Å². The summed E-state index contributed by atoms with van der Waals surface area (Å²) in [6, 6.07) is 6.20. The highest BCUT2D eigenvalue weighted by molar-refractivity contribution is 5.80. The summed E-state index contributed by atoms with van der Waals surface area (Å²) >= 11 is 0. The number of rotatable bonds is 4. The van der Waals surface area contributed by atoms with E-state index < -0.39 is 0 Å². The second-order valence-corrected chi connectivity index (χ2v) is 10.7. The maximum atomic E-state index is 13.6. The number of aromatic hydroxyl groups is 1. The average molecular weight is 427 g/mol. The van der Waals surface area contributed by atoms with E-state index >= 15 is 0 Å². The topological polar surface area (TPSA) is 69.6 Å². The number of hydrogen-bond acceptors (Lipinski definition) is 3. The fraction of sp³-hybridized carbons (Fsp3) is 0.692. The van der Waals surface area contributed by atoms with Crippen molar-refractivity contribution in [3.63, 3.8) is 0 Å². The molecule has 1 aliphatic heterocycles. The van der Waals surface area contributed by atoms with Crippen molar-refractivity contribution in [2.75, 3.05) is 6.54 Å². The first-order valence-electron chi connectivity index (χ1n) is 12.1. The van der Waals surface area contributed by atoms with Crippen molar-refractivity contribution in [2.45, 2.75) is 96.6 Å². The molecule has 31 heavy (non-hydrogen) atoms. The summed E-state index contributed by atoms with van der Waals surface area (Å²) in [7, 11) is 0. The Morgan fingerprint density at radius 2 is 1.87 bits per heavy atom. The smallest absolute Gasteiger partial charge is 0.225 e. The number of amides is 2. The Balaban J connectivity index is 1.49. The van der Waals surface area contributed by atoms with Crippen LogP contribution >= 0.6 is 0 Å². The van der Waals surface area contributed by atoms with Gasteiger partial charge in [-0.1, -0.05) is 39.8 Å². The summed E-state index contributed by atoms with van der Waals surface area (Å²) < 4.78 is 0. The fourth-order valence-electron chi connectivity index (χ4n) is 6.44. The Labute approximate surface area is 186 Å². The summed E-state index contributed by atoms with van der Waals surface area (Å²) in [4.78, 5) is 27.7. The zero-order chi connectivity index (χ0) is 22.4. The number of phenolic OH excluding ortho intramolecular Hbond substituents is 1. The summed E-state index contributed by atoms with van der Waals surface area (Å²) in [5, 5.41) is 13.7. The van der Waals surface area contributed by atoms with Gasteiger partial charge in [0.25, 0.3) is 0 Å². The van der Waals surface area contributed by atoms with Gasteiger partial charge < -0.3 is 15.3 Å². The number of carbonyl (C=O) groups is 2. The molecule has 5 nitrogen and oxygen atoms in total. The molecule has 1 saturated carbocycles. The third-order valence-electron chi connectivity index (χ3n) is 8.83. The molecular weight excluding hydrogens is 388 g/mol. The summed E-state index contributed by atoms with van der Waals surface area (Å²) in [6.45, 7) is 9.70. The van der Waals surface area contributed by atoms with E-state index in [1.54, 1.807) is 6.07 Å². The Morgan fingerprint density at radius 3 is 2.55 bits per heavy atom. The third kappa shape index (κ3) is 3.64. The van der Waals surface area contributed by atoms with Gasteiger partial charge in [0.1, 0.15) is 5.75 Å². The van der Waals surface area contributed by atoms with Gasteiger partial charge >= 0.3 is 0 Å². The van der Waals surface area contributed by atoms with Crippen LogP contribution in [-0.2, 0) is 21.4 Å². The van der Waals surface area contributed by atoms with Crippen molar-refractivity contribution in [3.8, 4) is 5.75 Å². The third-order valence-corrected chi connectivity index (χ3v) is 8.83. The van der Waals surface area contributed by atoms with E-state index in [9.17, 15) is 14.7 Å². The second-order valence-electron chi connectivity index (χ2n) is 10.7. The van der Waals surface area contributed by atoms with Gasteiger partial charge in [0, 0.05) is 36.4 Å². The van der Waals surface area contributed by atoms with Gasteiger partial charge in [-0.2, -0.15) is 0 Å². The Bertz CT molecular complexity index is 856. The first kappa shape index (κ1) is 22.2. The van der Waals surface area contributed by atoms with Crippen LogP contribution in [0.5, 0.6) is 5.75 Å². The predicted octanol–water partition coefficient (Wildman–Crippen LogP) is 4.31. The minimum absolute atomic E-state index is 0.0465. The summed E-state index contributed by atoms with van der Waals surface area (Å²) in [5.74, 6) is 0.819. The molecule has 2 amide bonds. The number of hydrogen-bond donors (Lipinski definition) is 2. The van der Waals surface area contributed by atoms with E-state index in [0.29, 0.717) is 12.2 Å². The lowest BCUT2D eigenvalue weighted by Crippen LogP contribution is -2.65. The molecule has 1 heterocycles. The van der Waals surface area contributed by atoms with Gasteiger partial charge in [0.2, 0.25) is 11.8 Å².